The molecule has 0 bridgehead atoms. The molecule has 1 aromatic carbocycles. The Labute approximate surface area is 120 Å². The SMILES string of the molecule is CCc1c(C(=O)O)oc2ccc(C(=N)NC(=O)OC)cc12. The number of fused-ring (bicyclic) bond motifs is 1. The third-order valence-electron chi connectivity index (χ3n) is 3.04. The Morgan fingerprint density at radius 3 is 2.71 bits per heavy atom. The molecule has 0 saturated heterocycles. The van der Waals surface area contributed by atoms with Crippen LogP contribution in [0, 0.1) is 5.41 Å². The zero-order chi connectivity index (χ0) is 15.6. The fourth-order valence-electron chi connectivity index (χ4n) is 2.05. The lowest BCUT2D eigenvalue weighted by Gasteiger charge is -2.05. The van der Waals surface area contributed by atoms with Crippen LogP contribution in [0.3, 0.4) is 0 Å². The zero-order valence-corrected chi connectivity index (χ0v) is 11.5. The number of carbonyl (C=O) groups excluding carboxylic acids is 1. The van der Waals surface area contributed by atoms with Gasteiger partial charge in [-0.1, -0.05) is 6.92 Å². The average Bonchev–Trinajstić information content (AvgIpc) is 2.84. The van der Waals surface area contributed by atoms with E-state index in [4.69, 9.17) is 14.9 Å². The minimum atomic E-state index is -1.13. The van der Waals surface area contributed by atoms with Crippen LogP contribution in [0.1, 0.15) is 28.6 Å². The molecule has 0 radical (unpaired) electrons. The summed E-state index contributed by atoms with van der Waals surface area (Å²) in [6.45, 7) is 1.82. The van der Waals surface area contributed by atoms with E-state index in [1.807, 2.05) is 6.92 Å². The van der Waals surface area contributed by atoms with Gasteiger partial charge in [0.25, 0.3) is 0 Å². The van der Waals surface area contributed by atoms with Crippen molar-refractivity contribution in [3.63, 3.8) is 0 Å². The Balaban J connectivity index is 2.48. The second kappa shape index (κ2) is 5.66. The highest BCUT2D eigenvalue weighted by Crippen LogP contribution is 2.27. The minimum absolute atomic E-state index is 0.0999. The van der Waals surface area contributed by atoms with E-state index in [0.717, 1.165) is 0 Å². The van der Waals surface area contributed by atoms with E-state index in [-0.39, 0.29) is 11.6 Å². The Hall–Kier alpha value is -2.83. The van der Waals surface area contributed by atoms with Gasteiger partial charge in [0.15, 0.2) is 0 Å². The molecule has 0 aliphatic rings. The number of aromatic carboxylic acids is 1. The molecule has 21 heavy (non-hydrogen) atoms. The number of carboxylic acid groups (broad SMARTS) is 1. The van der Waals surface area contributed by atoms with Gasteiger partial charge in [0, 0.05) is 16.5 Å². The molecule has 0 fully saturated rings. The molecular weight excluding hydrogens is 276 g/mol. The van der Waals surface area contributed by atoms with Crippen molar-refractivity contribution < 1.29 is 23.8 Å². The number of carbonyl (C=O) groups is 2. The summed E-state index contributed by atoms with van der Waals surface area (Å²) < 4.78 is 9.73. The number of alkyl carbamates (subject to hydrolysis) is 1. The van der Waals surface area contributed by atoms with Gasteiger partial charge in [-0.3, -0.25) is 10.7 Å². The highest BCUT2D eigenvalue weighted by Gasteiger charge is 2.19. The number of hydrogen-bond acceptors (Lipinski definition) is 5. The maximum absolute atomic E-state index is 11.1. The topological polar surface area (TPSA) is 113 Å². The standard InChI is InChI=1S/C14H14N2O5/c1-3-8-9-6-7(12(15)16-14(19)20-2)4-5-10(9)21-11(8)13(17)18/h4-6H,3H2,1-2H3,(H,17,18)(H2,15,16,19). The van der Waals surface area contributed by atoms with Crippen LogP contribution in [0.25, 0.3) is 11.0 Å². The fourth-order valence-corrected chi connectivity index (χ4v) is 2.05. The van der Waals surface area contributed by atoms with Gasteiger partial charge in [-0.25, -0.2) is 9.59 Å². The lowest BCUT2D eigenvalue weighted by Crippen LogP contribution is -2.30. The number of benzene rings is 1. The van der Waals surface area contributed by atoms with Gasteiger partial charge in [-0.2, -0.15) is 0 Å². The van der Waals surface area contributed by atoms with E-state index in [2.05, 4.69) is 10.1 Å². The second-order valence-corrected chi connectivity index (χ2v) is 4.27. The summed E-state index contributed by atoms with van der Waals surface area (Å²) in [6.07, 6.45) is -0.259. The number of furan rings is 1. The van der Waals surface area contributed by atoms with Gasteiger partial charge in [0.2, 0.25) is 5.76 Å². The second-order valence-electron chi connectivity index (χ2n) is 4.27. The third-order valence-corrected chi connectivity index (χ3v) is 3.04. The molecule has 1 amide bonds. The molecule has 0 spiro atoms. The summed E-state index contributed by atoms with van der Waals surface area (Å²) in [5, 5.41) is 19.8. The average molecular weight is 290 g/mol. The van der Waals surface area contributed by atoms with Crippen molar-refractivity contribution >= 4 is 28.9 Å². The van der Waals surface area contributed by atoms with Crippen LogP contribution in [0.2, 0.25) is 0 Å². The van der Waals surface area contributed by atoms with Crippen LogP contribution >= 0.6 is 0 Å². The van der Waals surface area contributed by atoms with Crippen LogP contribution in [-0.4, -0.2) is 30.1 Å². The van der Waals surface area contributed by atoms with E-state index in [1.165, 1.54) is 7.11 Å². The number of carboxylic acids is 1. The van der Waals surface area contributed by atoms with Crippen molar-refractivity contribution in [2.75, 3.05) is 7.11 Å². The van der Waals surface area contributed by atoms with Crippen LogP contribution in [0.15, 0.2) is 22.6 Å². The van der Waals surface area contributed by atoms with Gasteiger partial charge in [-0.15, -0.1) is 0 Å². The summed E-state index contributed by atoms with van der Waals surface area (Å²) in [5.74, 6) is -1.37. The quantitative estimate of drug-likeness (QED) is 0.593. The largest absolute Gasteiger partial charge is 0.475 e. The summed E-state index contributed by atoms with van der Waals surface area (Å²) in [4.78, 5) is 22.2. The van der Waals surface area contributed by atoms with Crippen LogP contribution < -0.4 is 5.32 Å². The van der Waals surface area contributed by atoms with Gasteiger partial charge in [0.05, 0.1) is 7.11 Å². The van der Waals surface area contributed by atoms with E-state index in [9.17, 15) is 9.59 Å². The number of nitrogens with one attached hydrogen (secondary N) is 2. The fraction of sp³-hybridized carbons (Fsp3) is 0.214. The van der Waals surface area contributed by atoms with Crippen molar-refractivity contribution in [1.29, 1.82) is 5.41 Å². The molecule has 0 aliphatic heterocycles. The van der Waals surface area contributed by atoms with E-state index in [1.54, 1.807) is 18.2 Å². The molecule has 0 aliphatic carbocycles. The molecule has 1 aromatic heterocycles. The molecule has 7 heteroatoms. The van der Waals surface area contributed by atoms with Crippen molar-refractivity contribution in [2.24, 2.45) is 0 Å². The summed E-state index contributed by atoms with van der Waals surface area (Å²) >= 11 is 0. The van der Waals surface area contributed by atoms with Crippen LogP contribution in [-0.2, 0) is 11.2 Å². The molecule has 3 N–H and O–H groups in total. The van der Waals surface area contributed by atoms with Gasteiger partial charge in [-0.05, 0) is 24.6 Å². The van der Waals surface area contributed by atoms with Crippen molar-refractivity contribution in [2.45, 2.75) is 13.3 Å². The van der Waals surface area contributed by atoms with Crippen molar-refractivity contribution in [3.05, 3.63) is 35.1 Å². The number of hydrogen-bond donors (Lipinski definition) is 3. The van der Waals surface area contributed by atoms with E-state index >= 15 is 0 Å². The first-order valence-electron chi connectivity index (χ1n) is 6.20. The number of methoxy groups -OCH3 is 1. The molecule has 7 nitrogen and oxygen atoms in total. The van der Waals surface area contributed by atoms with Gasteiger partial charge in [0.1, 0.15) is 11.4 Å². The van der Waals surface area contributed by atoms with E-state index in [0.29, 0.717) is 28.5 Å². The van der Waals surface area contributed by atoms with Crippen LogP contribution in [0.4, 0.5) is 4.79 Å². The van der Waals surface area contributed by atoms with Crippen molar-refractivity contribution in [1.82, 2.24) is 5.32 Å². The molecule has 2 aromatic rings. The van der Waals surface area contributed by atoms with Gasteiger partial charge >= 0.3 is 12.1 Å². The number of ether oxygens (including phenoxy) is 1. The minimum Gasteiger partial charge on any atom is -0.475 e. The molecule has 2 rings (SSSR count). The first-order valence-corrected chi connectivity index (χ1v) is 6.20. The van der Waals surface area contributed by atoms with Gasteiger partial charge < -0.3 is 14.3 Å². The number of amidine groups is 1. The molecule has 110 valence electrons. The molecule has 0 atom stereocenters. The van der Waals surface area contributed by atoms with E-state index < -0.39 is 12.1 Å². The number of amides is 1. The highest BCUT2D eigenvalue weighted by atomic mass is 16.5. The third kappa shape index (κ3) is 2.71. The smallest absolute Gasteiger partial charge is 0.412 e. The molecular formula is C14H14N2O5. The first-order chi connectivity index (χ1) is 9.97. The molecule has 1 heterocycles. The first kappa shape index (κ1) is 14.6. The lowest BCUT2D eigenvalue weighted by molar-refractivity contribution is 0.0663. The van der Waals surface area contributed by atoms with Crippen LogP contribution in [0.5, 0.6) is 0 Å². The summed E-state index contributed by atoms with van der Waals surface area (Å²) in [7, 11) is 1.20. The molecule has 0 saturated carbocycles. The Morgan fingerprint density at radius 1 is 1.43 bits per heavy atom. The zero-order valence-electron chi connectivity index (χ0n) is 11.5. The summed E-state index contributed by atoms with van der Waals surface area (Å²) in [6, 6.07) is 4.75. The Morgan fingerprint density at radius 2 is 2.14 bits per heavy atom. The van der Waals surface area contributed by atoms with Crippen molar-refractivity contribution in [3.8, 4) is 0 Å². The highest BCUT2D eigenvalue weighted by molar-refractivity contribution is 6.07. The maximum atomic E-state index is 11.1. The lowest BCUT2D eigenvalue weighted by atomic mass is 10.1. The summed E-state index contributed by atoms with van der Waals surface area (Å²) in [5.41, 5.74) is 1.42. The Kier molecular flexibility index (Phi) is 3.93. The Bertz CT molecular complexity index is 732. The predicted molar refractivity (Wildman–Crippen MR) is 74.9 cm³/mol. The monoisotopic (exact) mass is 290 g/mol. The molecule has 0 unspecified atom stereocenters. The number of aryl methyl sites for hydroxylation is 1. The maximum Gasteiger partial charge on any atom is 0.412 e. The normalized spacial score (nSPS) is 10.4. The predicted octanol–water partition coefficient (Wildman–Crippen LogP) is 2.37. The number of rotatable bonds is 3.